The number of hydrogen-bond donors (Lipinski definition) is 2. The van der Waals surface area contributed by atoms with Gasteiger partial charge < -0.3 is 10.4 Å². The van der Waals surface area contributed by atoms with Crippen LogP contribution in [0.15, 0.2) is 17.5 Å². The fourth-order valence-electron chi connectivity index (χ4n) is 2.48. The highest BCUT2D eigenvalue weighted by Gasteiger charge is 2.24. The molecule has 1 aliphatic carbocycles. The lowest BCUT2D eigenvalue weighted by Gasteiger charge is -2.28. The summed E-state index contributed by atoms with van der Waals surface area (Å²) in [4.78, 5) is 14.2. The highest BCUT2D eigenvalue weighted by Crippen LogP contribution is 2.20. The molecule has 0 saturated heterocycles. The lowest BCUT2D eigenvalue weighted by molar-refractivity contribution is -0.124. The minimum Gasteiger partial charge on any atom is -0.391 e. The Morgan fingerprint density at radius 3 is 3.10 bits per heavy atom. The summed E-state index contributed by atoms with van der Waals surface area (Å²) in [5, 5.41) is 26.6. The molecule has 7 nitrogen and oxygen atoms in total. The Kier molecular flexibility index (Phi) is 4.26. The van der Waals surface area contributed by atoms with E-state index in [-0.39, 0.29) is 18.5 Å². The third kappa shape index (κ3) is 3.45. The van der Waals surface area contributed by atoms with Crippen LogP contribution < -0.4 is 5.32 Å². The average Bonchev–Trinajstić information content (AvgIpc) is 3.12. The first-order valence-electron chi connectivity index (χ1n) is 7.01. The topological polar surface area (TPSA) is 92.9 Å². The van der Waals surface area contributed by atoms with Gasteiger partial charge in [0.2, 0.25) is 11.7 Å². The monoisotopic (exact) mass is 307 g/mol. The molecule has 0 aliphatic heterocycles. The second kappa shape index (κ2) is 6.31. The van der Waals surface area contributed by atoms with E-state index < -0.39 is 6.10 Å². The zero-order chi connectivity index (χ0) is 14.7. The van der Waals surface area contributed by atoms with Gasteiger partial charge >= 0.3 is 0 Å². The summed E-state index contributed by atoms with van der Waals surface area (Å²) in [7, 11) is 0. The van der Waals surface area contributed by atoms with Crippen molar-refractivity contribution in [1.29, 1.82) is 0 Å². The number of amides is 1. The molecule has 0 aromatic carbocycles. The molecule has 2 aromatic heterocycles. The second-order valence-corrected chi connectivity index (χ2v) is 6.09. The van der Waals surface area contributed by atoms with Crippen molar-refractivity contribution in [2.24, 2.45) is 0 Å². The maximum absolute atomic E-state index is 12.0. The highest BCUT2D eigenvalue weighted by atomic mass is 32.1. The summed E-state index contributed by atoms with van der Waals surface area (Å²) < 4.78 is 0. The van der Waals surface area contributed by atoms with Gasteiger partial charge in [0.15, 0.2) is 0 Å². The van der Waals surface area contributed by atoms with Gasteiger partial charge in [0.1, 0.15) is 6.54 Å². The van der Waals surface area contributed by atoms with Crippen LogP contribution in [0.5, 0.6) is 0 Å². The van der Waals surface area contributed by atoms with Gasteiger partial charge in [-0.25, -0.2) is 0 Å². The van der Waals surface area contributed by atoms with Gasteiger partial charge in [-0.1, -0.05) is 18.9 Å². The fraction of sp³-hybridized carbons (Fsp3) is 0.538. The molecular formula is C13H17N5O2S. The number of nitrogens with zero attached hydrogens (tertiary/aromatic N) is 4. The summed E-state index contributed by atoms with van der Waals surface area (Å²) >= 11 is 1.53. The first kappa shape index (κ1) is 14.2. The Hall–Kier alpha value is -1.80. The number of aliphatic hydroxyl groups is 1. The van der Waals surface area contributed by atoms with Gasteiger partial charge in [0, 0.05) is 0 Å². The lowest BCUT2D eigenvalue weighted by Crippen LogP contribution is -2.46. The van der Waals surface area contributed by atoms with E-state index >= 15 is 0 Å². The summed E-state index contributed by atoms with van der Waals surface area (Å²) in [5.74, 6) is 0.326. The summed E-state index contributed by atoms with van der Waals surface area (Å²) in [6.45, 7) is 0.0155. The molecule has 0 bridgehead atoms. The third-order valence-electron chi connectivity index (χ3n) is 3.56. The van der Waals surface area contributed by atoms with Crippen molar-refractivity contribution in [2.45, 2.75) is 44.4 Å². The van der Waals surface area contributed by atoms with Gasteiger partial charge in [0.25, 0.3) is 0 Å². The van der Waals surface area contributed by atoms with E-state index in [0.717, 1.165) is 30.6 Å². The molecule has 21 heavy (non-hydrogen) atoms. The zero-order valence-corrected chi connectivity index (χ0v) is 12.3. The van der Waals surface area contributed by atoms with E-state index in [9.17, 15) is 9.90 Å². The molecule has 0 spiro atoms. The average molecular weight is 307 g/mol. The predicted molar refractivity (Wildman–Crippen MR) is 77.5 cm³/mol. The van der Waals surface area contributed by atoms with Crippen molar-refractivity contribution in [3.05, 3.63) is 17.5 Å². The first-order chi connectivity index (χ1) is 10.2. The van der Waals surface area contributed by atoms with E-state index in [1.54, 1.807) is 0 Å². The first-order valence-corrected chi connectivity index (χ1v) is 7.89. The Balaban J connectivity index is 1.57. The molecule has 0 radical (unpaired) electrons. The molecule has 1 amide bonds. The summed E-state index contributed by atoms with van der Waals surface area (Å²) in [5.41, 5.74) is 0. The number of rotatable bonds is 4. The van der Waals surface area contributed by atoms with Crippen molar-refractivity contribution >= 4 is 17.2 Å². The molecule has 2 aromatic rings. The van der Waals surface area contributed by atoms with Crippen molar-refractivity contribution in [3.63, 3.8) is 0 Å². The van der Waals surface area contributed by atoms with E-state index in [4.69, 9.17) is 0 Å². The van der Waals surface area contributed by atoms with Gasteiger partial charge in [-0.2, -0.15) is 4.80 Å². The van der Waals surface area contributed by atoms with Crippen LogP contribution >= 0.6 is 11.3 Å². The third-order valence-corrected chi connectivity index (χ3v) is 4.42. The molecule has 112 valence electrons. The maximum atomic E-state index is 12.0. The number of carbonyl (C=O) groups is 1. The number of nitrogens with one attached hydrogen (secondary N) is 1. The Morgan fingerprint density at radius 2 is 2.33 bits per heavy atom. The molecule has 0 unspecified atom stereocenters. The molecular weight excluding hydrogens is 290 g/mol. The van der Waals surface area contributed by atoms with Crippen LogP contribution in [0.3, 0.4) is 0 Å². The molecule has 2 atom stereocenters. The van der Waals surface area contributed by atoms with E-state index in [0.29, 0.717) is 5.82 Å². The molecule has 8 heteroatoms. The molecule has 1 aliphatic rings. The Bertz CT molecular complexity index is 597. The van der Waals surface area contributed by atoms with Gasteiger partial charge in [-0.15, -0.1) is 21.5 Å². The van der Waals surface area contributed by atoms with Crippen molar-refractivity contribution in [1.82, 2.24) is 25.5 Å². The Morgan fingerprint density at radius 1 is 1.48 bits per heavy atom. The van der Waals surface area contributed by atoms with Crippen molar-refractivity contribution in [2.75, 3.05) is 0 Å². The quantitative estimate of drug-likeness (QED) is 0.872. The number of tetrazole rings is 1. The van der Waals surface area contributed by atoms with Crippen LogP contribution in [0.1, 0.15) is 25.7 Å². The number of thiophene rings is 1. The van der Waals surface area contributed by atoms with Crippen LogP contribution in [-0.4, -0.2) is 43.4 Å². The SMILES string of the molecule is O=C(Cn1nnc(-c2cccs2)n1)N[C@H]1CCCC[C@@H]1O. The van der Waals surface area contributed by atoms with E-state index in [1.807, 2.05) is 17.5 Å². The van der Waals surface area contributed by atoms with Crippen LogP contribution in [0, 0.1) is 0 Å². The van der Waals surface area contributed by atoms with E-state index in [1.165, 1.54) is 16.1 Å². The van der Waals surface area contributed by atoms with Crippen LogP contribution in [0.2, 0.25) is 0 Å². The number of hydrogen-bond acceptors (Lipinski definition) is 6. The summed E-state index contributed by atoms with van der Waals surface area (Å²) in [6, 6.07) is 3.66. The van der Waals surface area contributed by atoms with Crippen molar-refractivity contribution in [3.8, 4) is 10.7 Å². The smallest absolute Gasteiger partial charge is 0.243 e. The normalized spacial score (nSPS) is 22.1. The summed E-state index contributed by atoms with van der Waals surface area (Å²) in [6.07, 6.45) is 3.16. The standard InChI is InChI=1S/C13H17N5O2S/c19-10-5-2-1-4-9(10)14-12(20)8-18-16-13(15-17-18)11-6-3-7-21-11/h3,6-7,9-10,19H,1-2,4-5,8H2,(H,14,20)/t9-,10-/m0/s1. The largest absolute Gasteiger partial charge is 0.391 e. The molecule has 2 heterocycles. The second-order valence-electron chi connectivity index (χ2n) is 5.15. The molecule has 1 fully saturated rings. The molecule has 3 rings (SSSR count). The number of carbonyl (C=O) groups excluding carboxylic acids is 1. The van der Waals surface area contributed by atoms with Gasteiger partial charge in [-0.05, 0) is 29.5 Å². The van der Waals surface area contributed by atoms with Crippen LogP contribution in [-0.2, 0) is 11.3 Å². The number of aliphatic hydroxyl groups excluding tert-OH is 1. The predicted octanol–water partition coefficient (Wildman–Crippen LogP) is 0.821. The maximum Gasteiger partial charge on any atom is 0.243 e. The Labute approximate surface area is 126 Å². The lowest BCUT2D eigenvalue weighted by atomic mass is 9.92. The number of aromatic nitrogens is 4. The molecule has 2 N–H and O–H groups in total. The van der Waals surface area contributed by atoms with Crippen LogP contribution in [0.25, 0.3) is 10.7 Å². The minimum absolute atomic E-state index is 0.0155. The van der Waals surface area contributed by atoms with E-state index in [2.05, 4.69) is 20.7 Å². The zero-order valence-electron chi connectivity index (χ0n) is 11.5. The fourth-order valence-corrected chi connectivity index (χ4v) is 3.12. The minimum atomic E-state index is -0.451. The highest BCUT2D eigenvalue weighted by molar-refractivity contribution is 7.13. The van der Waals surface area contributed by atoms with Gasteiger partial charge in [0.05, 0.1) is 17.0 Å². The molecule has 1 saturated carbocycles. The van der Waals surface area contributed by atoms with Gasteiger partial charge in [-0.3, -0.25) is 4.79 Å². The van der Waals surface area contributed by atoms with Crippen molar-refractivity contribution < 1.29 is 9.90 Å². The van der Waals surface area contributed by atoms with Crippen LogP contribution in [0.4, 0.5) is 0 Å².